The lowest BCUT2D eigenvalue weighted by Gasteiger charge is -2.09. The Hall–Kier alpha value is -2.58. The number of nitrogens with zero attached hydrogens (tertiary/aromatic N) is 1. The molecule has 0 fully saturated rings. The van der Waals surface area contributed by atoms with Crippen LogP contribution in [-0.4, -0.2) is 22.0 Å². The highest BCUT2D eigenvalue weighted by Gasteiger charge is 2.20. The minimum Gasteiger partial charge on any atom is -0.431 e. The van der Waals surface area contributed by atoms with E-state index in [0.717, 1.165) is 5.56 Å². The third-order valence-corrected chi connectivity index (χ3v) is 5.14. The van der Waals surface area contributed by atoms with E-state index in [1.54, 1.807) is 24.6 Å². The number of aromatic nitrogens is 1. The molecule has 1 aromatic carbocycles. The van der Waals surface area contributed by atoms with Gasteiger partial charge in [0.1, 0.15) is 5.00 Å². The second-order valence-electron chi connectivity index (χ2n) is 5.13. The third-order valence-electron chi connectivity index (χ3n) is 3.36. The van der Waals surface area contributed by atoms with Crippen molar-refractivity contribution in [1.82, 2.24) is 4.98 Å². The number of amides is 2. The number of hydrogen-bond acceptors (Lipinski definition) is 6. The lowest BCUT2D eigenvalue weighted by molar-refractivity contribution is -0.115. The maximum atomic E-state index is 12.3. The molecule has 2 heterocycles. The van der Waals surface area contributed by atoms with E-state index in [1.165, 1.54) is 23.1 Å². The molecule has 2 amide bonds. The first-order valence-corrected chi connectivity index (χ1v) is 9.16. The number of oxazole rings is 1. The van der Waals surface area contributed by atoms with E-state index in [4.69, 9.17) is 10.2 Å². The molecule has 0 aliphatic rings. The average Bonchev–Trinajstić information content (AvgIpc) is 3.25. The van der Waals surface area contributed by atoms with Gasteiger partial charge in [-0.25, -0.2) is 4.98 Å². The molecule has 3 N–H and O–H groups in total. The molecule has 2 aromatic heterocycles. The molecule has 0 spiro atoms. The molecule has 8 heteroatoms. The van der Waals surface area contributed by atoms with Crippen LogP contribution < -0.4 is 11.1 Å². The van der Waals surface area contributed by atoms with Gasteiger partial charge >= 0.3 is 0 Å². The van der Waals surface area contributed by atoms with E-state index in [-0.39, 0.29) is 5.91 Å². The molecule has 0 bridgehead atoms. The molecule has 3 rings (SSSR count). The van der Waals surface area contributed by atoms with Gasteiger partial charge in [0.25, 0.3) is 11.1 Å². The summed E-state index contributed by atoms with van der Waals surface area (Å²) in [6.45, 7) is 1.74. The molecule has 0 aliphatic heterocycles. The summed E-state index contributed by atoms with van der Waals surface area (Å²) >= 11 is 2.45. The number of benzene rings is 1. The number of carbonyl (C=O) groups excluding carboxylic acids is 2. The Labute approximate surface area is 152 Å². The van der Waals surface area contributed by atoms with E-state index in [0.29, 0.717) is 21.5 Å². The second-order valence-corrected chi connectivity index (χ2v) is 7.34. The Morgan fingerprint density at radius 1 is 1.28 bits per heavy atom. The maximum absolute atomic E-state index is 12.3. The predicted molar refractivity (Wildman–Crippen MR) is 98.7 cm³/mol. The molecule has 1 atom stereocenters. The van der Waals surface area contributed by atoms with E-state index in [1.807, 2.05) is 30.3 Å². The van der Waals surface area contributed by atoms with Gasteiger partial charge in [0.05, 0.1) is 17.0 Å². The van der Waals surface area contributed by atoms with Crippen molar-refractivity contribution in [2.45, 2.75) is 17.4 Å². The third kappa shape index (κ3) is 4.09. The minimum absolute atomic E-state index is 0.255. The van der Waals surface area contributed by atoms with Crippen molar-refractivity contribution in [1.29, 1.82) is 0 Å². The summed E-state index contributed by atoms with van der Waals surface area (Å²) in [5, 5.41) is 4.82. The number of primary amides is 1. The number of thiophene rings is 1. The highest BCUT2D eigenvalue weighted by atomic mass is 32.2. The van der Waals surface area contributed by atoms with Crippen molar-refractivity contribution in [3.8, 4) is 11.3 Å². The van der Waals surface area contributed by atoms with Crippen LogP contribution in [-0.2, 0) is 4.79 Å². The first-order chi connectivity index (χ1) is 12.0. The van der Waals surface area contributed by atoms with E-state index in [9.17, 15) is 9.59 Å². The molecule has 128 valence electrons. The van der Waals surface area contributed by atoms with Crippen LogP contribution >= 0.6 is 23.1 Å². The zero-order valence-electron chi connectivity index (χ0n) is 13.3. The van der Waals surface area contributed by atoms with E-state index >= 15 is 0 Å². The summed E-state index contributed by atoms with van der Waals surface area (Å²) in [6, 6.07) is 11.2. The number of nitrogens with two attached hydrogens (primary N) is 1. The smallest absolute Gasteiger partial charge is 0.256 e. The molecule has 1 unspecified atom stereocenters. The molecule has 0 radical (unpaired) electrons. The molecule has 0 saturated carbocycles. The van der Waals surface area contributed by atoms with Gasteiger partial charge in [0.2, 0.25) is 5.91 Å². The number of nitrogens with one attached hydrogen (secondary N) is 1. The normalized spacial score (nSPS) is 11.9. The lowest BCUT2D eigenvalue weighted by atomic mass is 10.2. The highest BCUT2D eigenvalue weighted by Crippen LogP contribution is 2.29. The van der Waals surface area contributed by atoms with Gasteiger partial charge in [-0.2, -0.15) is 0 Å². The van der Waals surface area contributed by atoms with Gasteiger partial charge in [-0.3, -0.25) is 9.59 Å². The topological polar surface area (TPSA) is 98.2 Å². The summed E-state index contributed by atoms with van der Waals surface area (Å²) in [4.78, 5) is 27.8. The number of anilines is 1. The van der Waals surface area contributed by atoms with Gasteiger partial charge in [0.15, 0.2) is 5.76 Å². The van der Waals surface area contributed by atoms with E-state index < -0.39 is 11.2 Å². The average molecular weight is 373 g/mol. The van der Waals surface area contributed by atoms with Gasteiger partial charge < -0.3 is 15.5 Å². The number of rotatable bonds is 6. The van der Waals surface area contributed by atoms with Crippen molar-refractivity contribution in [2.75, 3.05) is 5.32 Å². The van der Waals surface area contributed by atoms with E-state index in [2.05, 4.69) is 10.3 Å². The summed E-state index contributed by atoms with van der Waals surface area (Å²) in [6.07, 6.45) is 1.63. The Morgan fingerprint density at radius 3 is 2.76 bits per heavy atom. The highest BCUT2D eigenvalue weighted by molar-refractivity contribution is 8.00. The van der Waals surface area contributed by atoms with Gasteiger partial charge in [-0.05, 0) is 18.4 Å². The van der Waals surface area contributed by atoms with Crippen molar-refractivity contribution >= 4 is 39.9 Å². The molecular formula is C17H15N3O3S2. The number of carbonyl (C=O) groups is 2. The molecular weight excluding hydrogens is 358 g/mol. The van der Waals surface area contributed by atoms with Gasteiger partial charge in [0, 0.05) is 5.56 Å². The van der Waals surface area contributed by atoms with Crippen LogP contribution in [0.1, 0.15) is 17.3 Å². The predicted octanol–water partition coefficient (Wildman–Crippen LogP) is 3.62. The maximum Gasteiger partial charge on any atom is 0.256 e. The molecule has 0 aliphatic carbocycles. The van der Waals surface area contributed by atoms with Gasteiger partial charge in [-0.15, -0.1) is 11.3 Å². The quantitative estimate of drug-likeness (QED) is 0.643. The summed E-state index contributed by atoms with van der Waals surface area (Å²) in [5.74, 6) is -0.184. The minimum atomic E-state index is -0.572. The summed E-state index contributed by atoms with van der Waals surface area (Å²) in [5.41, 5.74) is 6.50. The van der Waals surface area contributed by atoms with Crippen LogP contribution in [0.4, 0.5) is 5.00 Å². The second kappa shape index (κ2) is 7.54. The van der Waals surface area contributed by atoms with Crippen LogP contribution in [0.5, 0.6) is 0 Å². The number of thioether (sulfide) groups is 1. The van der Waals surface area contributed by atoms with Crippen LogP contribution in [0.15, 0.2) is 57.6 Å². The Morgan fingerprint density at radius 2 is 2.04 bits per heavy atom. The van der Waals surface area contributed by atoms with Crippen molar-refractivity contribution < 1.29 is 14.0 Å². The van der Waals surface area contributed by atoms with Crippen molar-refractivity contribution in [2.24, 2.45) is 5.73 Å². The SMILES string of the molecule is CC(Sc1ncc(-c2ccccc2)o1)C(=O)Nc1sccc1C(N)=O. The first kappa shape index (κ1) is 17.2. The molecule has 3 aromatic rings. The van der Waals surface area contributed by atoms with Crippen LogP contribution in [0.2, 0.25) is 0 Å². The van der Waals surface area contributed by atoms with Gasteiger partial charge in [-0.1, -0.05) is 42.1 Å². The van der Waals surface area contributed by atoms with Crippen LogP contribution in [0.3, 0.4) is 0 Å². The Bertz CT molecular complexity index is 889. The fourth-order valence-corrected chi connectivity index (χ4v) is 3.58. The van der Waals surface area contributed by atoms with Crippen molar-refractivity contribution in [3.05, 3.63) is 53.5 Å². The molecule has 6 nitrogen and oxygen atoms in total. The standard InChI is InChI=1S/C17H15N3O3S2/c1-10(15(22)20-16-12(14(18)21)7-8-24-16)25-17-19-9-13(23-17)11-5-3-2-4-6-11/h2-10H,1H3,(H2,18,21)(H,20,22). The summed E-state index contributed by atoms with van der Waals surface area (Å²) in [7, 11) is 0. The Kier molecular flexibility index (Phi) is 5.20. The van der Waals surface area contributed by atoms with Crippen LogP contribution in [0, 0.1) is 0 Å². The monoisotopic (exact) mass is 373 g/mol. The largest absolute Gasteiger partial charge is 0.431 e. The zero-order valence-corrected chi connectivity index (χ0v) is 14.9. The molecule has 0 saturated heterocycles. The van der Waals surface area contributed by atoms with Crippen molar-refractivity contribution in [3.63, 3.8) is 0 Å². The lowest BCUT2D eigenvalue weighted by Crippen LogP contribution is -2.23. The summed E-state index contributed by atoms with van der Waals surface area (Å²) < 4.78 is 5.69. The zero-order chi connectivity index (χ0) is 17.8. The first-order valence-electron chi connectivity index (χ1n) is 7.40. The number of hydrogen-bond donors (Lipinski definition) is 2. The van der Waals surface area contributed by atoms with Crippen LogP contribution in [0.25, 0.3) is 11.3 Å². The molecule has 25 heavy (non-hydrogen) atoms. The fourth-order valence-electron chi connectivity index (χ4n) is 2.07. The Balaban J connectivity index is 1.65. The fraction of sp³-hybridized carbons (Fsp3) is 0.118.